The molecule has 3 nitrogen and oxygen atoms in total. The molecule has 0 saturated heterocycles. The molecule has 0 aromatic heterocycles. The molecule has 0 fully saturated rings. The van der Waals surface area contributed by atoms with E-state index in [1.807, 2.05) is 6.07 Å². The van der Waals surface area contributed by atoms with Crippen LogP contribution in [0.2, 0.25) is 0 Å². The van der Waals surface area contributed by atoms with Gasteiger partial charge in [0.05, 0.1) is 7.11 Å². The Kier molecular flexibility index (Phi) is 4.83. The first-order chi connectivity index (χ1) is 9.27. The highest BCUT2D eigenvalue weighted by molar-refractivity contribution is 5.80. The molecule has 0 spiro atoms. The van der Waals surface area contributed by atoms with Crippen LogP contribution in [0.4, 0.5) is 5.69 Å². The highest BCUT2D eigenvalue weighted by atomic mass is 16.5. The van der Waals surface area contributed by atoms with E-state index < -0.39 is 0 Å². The second-order valence-electron chi connectivity index (χ2n) is 5.11. The third kappa shape index (κ3) is 3.09. The number of carbonyl (C=O) groups excluding carboxylic acids is 1. The monoisotopic (exact) mass is 261 g/mol. The van der Waals surface area contributed by atoms with Crippen LogP contribution in [-0.2, 0) is 16.0 Å². The van der Waals surface area contributed by atoms with Gasteiger partial charge in [-0.2, -0.15) is 0 Å². The van der Waals surface area contributed by atoms with Crippen molar-refractivity contribution in [2.75, 3.05) is 18.6 Å². The number of fused-ring (bicyclic) bond motifs is 1. The fourth-order valence-electron chi connectivity index (χ4n) is 2.82. The molecular formula is C16H23NO2. The van der Waals surface area contributed by atoms with Crippen LogP contribution in [0.15, 0.2) is 24.3 Å². The maximum absolute atomic E-state index is 12.1. The van der Waals surface area contributed by atoms with Crippen molar-refractivity contribution in [3.8, 4) is 0 Å². The van der Waals surface area contributed by atoms with E-state index in [0.717, 1.165) is 38.6 Å². The fraction of sp³-hybridized carbons (Fsp3) is 0.562. The van der Waals surface area contributed by atoms with Gasteiger partial charge in [-0.05, 0) is 30.9 Å². The third-order valence-electron chi connectivity index (χ3n) is 3.83. The molecular weight excluding hydrogens is 238 g/mol. The van der Waals surface area contributed by atoms with Gasteiger partial charge in [-0.25, -0.2) is 4.79 Å². The molecule has 1 atom stereocenters. The Bertz CT molecular complexity index is 431. The molecule has 0 saturated carbocycles. The summed E-state index contributed by atoms with van der Waals surface area (Å²) in [5.74, 6) is -0.106. The fourth-order valence-corrected chi connectivity index (χ4v) is 2.82. The van der Waals surface area contributed by atoms with Gasteiger partial charge in [-0.1, -0.05) is 38.0 Å². The number of rotatable bonds is 5. The molecule has 19 heavy (non-hydrogen) atoms. The van der Waals surface area contributed by atoms with E-state index in [9.17, 15) is 4.79 Å². The normalized spacial score (nSPS) is 15.8. The zero-order valence-electron chi connectivity index (χ0n) is 11.9. The summed E-state index contributed by atoms with van der Waals surface area (Å²) in [6.45, 7) is 3.10. The van der Waals surface area contributed by atoms with Gasteiger partial charge in [0.1, 0.15) is 6.04 Å². The molecule has 0 aliphatic carbocycles. The van der Waals surface area contributed by atoms with Gasteiger partial charge >= 0.3 is 5.97 Å². The number of hydrogen-bond acceptors (Lipinski definition) is 3. The van der Waals surface area contributed by atoms with Crippen LogP contribution in [0.5, 0.6) is 0 Å². The van der Waals surface area contributed by atoms with Crippen LogP contribution in [-0.4, -0.2) is 25.7 Å². The predicted octanol–water partition coefficient (Wildman–Crippen LogP) is 3.17. The van der Waals surface area contributed by atoms with Crippen molar-refractivity contribution in [3.05, 3.63) is 29.8 Å². The first-order valence-electron chi connectivity index (χ1n) is 7.20. The lowest BCUT2D eigenvalue weighted by Gasteiger charge is -2.36. The Labute approximate surface area is 115 Å². The van der Waals surface area contributed by atoms with Crippen molar-refractivity contribution in [2.45, 2.75) is 45.1 Å². The summed E-state index contributed by atoms with van der Waals surface area (Å²) in [4.78, 5) is 14.3. The van der Waals surface area contributed by atoms with E-state index >= 15 is 0 Å². The number of nitrogens with zero attached hydrogens (tertiary/aromatic N) is 1. The molecule has 0 N–H and O–H groups in total. The summed E-state index contributed by atoms with van der Waals surface area (Å²) in [6.07, 6.45) is 5.24. The number of aryl methyl sites for hydroxylation is 1. The topological polar surface area (TPSA) is 29.5 Å². The predicted molar refractivity (Wildman–Crippen MR) is 77.4 cm³/mol. The van der Waals surface area contributed by atoms with Gasteiger partial charge < -0.3 is 9.64 Å². The standard InChI is InChI=1S/C16H23NO2/c1-3-4-10-15(16(18)19-2)17-12-7-9-13-8-5-6-11-14(13)17/h5-6,8,11,15H,3-4,7,9-10,12H2,1-2H3. The average molecular weight is 261 g/mol. The lowest BCUT2D eigenvalue weighted by Crippen LogP contribution is -2.44. The smallest absolute Gasteiger partial charge is 0.328 e. The quantitative estimate of drug-likeness (QED) is 0.762. The first kappa shape index (κ1) is 13.9. The van der Waals surface area contributed by atoms with Gasteiger partial charge in [0.15, 0.2) is 0 Å². The Morgan fingerprint density at radius 2 is 2.21 bits per heavy atom. The van der Waals surface area contributed by atoms with Crippen LogP contribution in [0.3, 0.4) is 0 Å². The third-order valence-corrected chi connectivity index (χ3v) is 3.83. The van der Waals surface area contributed by atoms with E-state index in [4.69, 9.17) is 4.74 Å². The van der Waals surface area contributed by atoms with E-state index in [1.165, 1.54) is 18.4 Å². The van der Waals surface area contributed by atoms with Crippen molar-refractivity contribution in [2.24, 2.45) is 0 Å². The molecule has 0 amide bonds. The highest BCUT2D eigenvalue weighted by Crippen LogP contribution is 2.30. The number of carbonyl (C=O) groups is 1. The van der Waals surface area contributed by atoms with Crippen molar-refractivity contribution < 1.29 is 9.53 Å². The molecule has 3 heteroatoms. The zero-order chi connectivity index (χ0) is 13.7. The first-order valence-corrected chi connectivity index (χ1v) is 7.20. The minimum absolute atomic E-state index is 0.106. The Balaban J connectivity index is 2.24. The molecule has 1 aliphatic rings. The SMILES string of the molecule is CCCCC(C(=O)OC)N1CCCc2ccccc21. The number of methoxy groups -OCH3 is 1. The molecule has 1 unspecified atom stereocenters. The Morgan fingerprint density at radius 1 is 1.42 bits per heavy atom. The number of unbranched alkanes of at least 4 members (excludes halogenated alkanes) is 1. The van der Waals surface area contributed by atoms with Crippen LogP contribution in [0, 0.1) is 0 Å². The van der Waals surface area contributed by atoms with Gasteiger partial charge in [0, 0.05) is 12.2 Å². The number of anilines is 1. The lowest BCUT2D eigenvalue weighted by atomic mass is 9.98. The summed E-state index contributed by atoms with van der Waals surface area (Å²) in [5.41, 5.74) is 2.56. The van der Waals surface area contributed by atoms with Gasteiger partial charge in [0.2, 0.25) is 0 Å². The maximum Gasteiger partial charge on any atom is 0.328 e. The average Bonchev–Trinajstić information content (AvgIpc) is 2.47. The van der Waals surface area contributed by atoms with Gasteiger partial charge in [-0.15, -0.1) is 0 Å². The Hall–Kier alpha value is -1.51. The molecule has 1 aromatic rings. The van der Waals surface area contributed by atoms with E-state index in [0.29, 0.717) is 0 Å². The molecule has 2 rings (SSSR count). The van der Waals surface area contributed by atoms with Crippen molar-refractivity contribution >= 4 is 11.7 Å². The van der Waals surface area contributed by atoms with Crippen molar-refractivity contribution in [1.29, 1.82) is 0 Å². The minimum atomic E-state index is -0.133. The molecule has 0 bridgehead atoms. The van der Waals surface area contributed by atoms with E-state index in [1.54, 1.807) is 0 Å². The maximum atomic E-state index is 12.1. The Morgan fingerprint density at radius 3 is 2.95 bits per heavy atom. The van der Waals surface area contributed by atoms with Crippen LogP contribution < -0.4 is 4.90 Å². The number of esters is 1. The zero-order valence-corrected chi connectivity index (χ0v) is 11.9. The molecule has 1 heterocycles. The van der Waals surface area contributed by atoms with Crippen LogP contribution >= 0.6 is 0 Å². The molecule has 104 valence electrons. The summed E-state index contributed by atoms with van der Waals surface area (Å²) in [7, 11) is 1.48. The van der Waals surface area contributed by atoms with E-state index in [-0.39, 0.29) is 12.0 Å². The highest BCUT2D eigenvalue weighted by Gasteiger charge is 2.29. The number of benzene rings is 1. The van der Waals surface area contributed by atoms with Crippen LogP contribution in [0.1, 0.15) is 38.2 Å². The van der Waals surface area contributed by atoms with Crippen LogP contribution in [0.25, 0.3) is 0 Å². The van der Waals surface area contributed by atoms with E-state index in [2.05, 4.69) is 30.0 Å². The number of hydrogen-bond donors (Lipinski definition) is 0. The summed E-state index contributed by atoms with van der Waals surface area (Å²) < 4.78 is 5.00. The lowest BCUT2D eigenvalue weighted by molar-refractivity contribution is -0.142. The second-order valence-corrected chi connectivity index (χ2v) is 5.11. The minimum Gasteiger partial charge on any atom is -0.467 e. The molecule has 1 aromatic carbocycles. The summed E-state index contributed by atoms with van der Waals surface area (Å²) in [6, 6.07) is 8.27. The molecule has 1 aliphatic heterocycles. The summed E-state index contributed by atoms with van der Waals surface area (Å²) >= 11 is 0. The van der Waals surface area contributed by atoms with Gasteiger partial charge in [0.25, 0.3) is 0 Å². The van der Waals surface area contributed by atoms with Crippen molar-refractivity contribution in [3.63, 3.8) is 0 Å². The largest absolute Gasteiger partial charge is 0.467 e. The van der Waals surface area contributed by atoms with Gasteiger partial charge in [-0.3, -0.25) is 0 Å². The number of para-hydroxylation sites is 1. The summed E-state index contributed by atoms with van der Waals surface area (Å²) in [5, 5.41) is 0. The van der Waals surface area contributed by atoms with Crippen molar-refractivity contribution in [1.82, 2.24) is 0 Å². The second kappa shape index (κ2) is 6.60. The molecule has 0 radical (unpaired) electrons. The number of ether oxygens (including phenoxy) is 1.